The predicted octanol–water partition coefficient (Wildman–Crippen LogP) is 3.39. The van der Waals surface area contributed by atoms with Crippen LogP contribution in [-0.4, -0.2) is 35.1 Å². The second kappa shape index (κ2) is 5.82. The first-order chi connectivity index (χ1) is 8.92. The van der Waals surface area contributed by atoms with Gasteiger partial charge >= 0.3 is 5.97 Å². The molecule has 3 nitrogen and oxygen atoms in total. The van der Waals surface area contributed by atoms with Gasteiger partial charge in [0.1, 0.15) is 0 Å². The van der Waals surface area contributed by atoms with Crippen molar-refractivity contribution in [3.05, 3.63) is 0 Å². The van der Waals surface area contributed by atoms with Crippen LogP contribution in [-0.2, 0) is 4.79 Å². The van der Waals surface area contributed by atoms with E-state index in [0.717, 1.165) is 25.0 Å². The summed E-state index contributed by atoms with van der Waals surface area (Å²) in [6.07, 6.45) is 6.96. The van der Waals surface area contributed by atoms with Crippen molar-refractivity contribution in [3.8, 4) is 0 Å². The molecule has 2 rings (SSSR count). The first-order valence-corrected chi connectivity index (χ1v) is 7.88. The maximum absolute atomic E-state index is 10.7. The SMILES string of the molecule is CCC(C)(C)C1CCC(N2CC(CC(=O)O)C2)CC1. The average molecular weight is 267 g/mol. The van der Waals surface area contributed by atoms with E-state index in [-0.39, 0.29) is 0 Å². The van der Waals surface area contributed by atoms with Gasteiger partial charge in [-0.1, -0.05) is 27.2 Å². The van der Waals surface area contributed by atoms with Crippen LogP contribution < -0.4 is 0 Å². The molecule has 1 heterocycles. The lowest BCUT2D eigenvalue weighted by molar-refractivity contribution is -0.140. The van der Waals surface area contributed by atoms with E-state index in [1.165, 1.54) is 32.1 Å². The molecular formula is C16H29NO2. The van der Waals surface area contributed by atoms with Crippen molar-refractivity contribution in [2.75, 3.05) is 13.1 Å². The molecular weight excluding hydrogens is 238 g/mol. The molecule has 3 heteroatoms. The van der Waals surface area contributed by atoms with Crippen LogP contribution >= 0.6 is 0 Å². The molecule has 19 heavy (non-hydrogen) atoms. The van der Waals surface area contributed by atoms with Gasteiger partial charge in [-0.3, -0.25) is 9.69 Å². The Balaban J connectivity index is 1.72. The van der Waals surface area contributed by atoms with E-state index < -0.39 is 5.97 Å². The maximum Gasteiger partial charge on any atom is 0.303 e. The summed E-state index contributed by atoms with van der Waals surface area (Å²) in [6, 6.07) is 0.731. The lowest BCUT2D eigenvalue weighted by atomic mass is 9.68. The predicted molar refractivity (Wildman–Crippen MR) is 77.1 cm³/mol. The minimum Gasteiger partial charge on any atom is -0.481 e. The van der Waals surface area contributed by atoms with Gasteiger partial charge in [-0.25, -0.2) is 0 Å². The third-order valence-corrected chi connectivity index (χ3v) is 5.68. The summed E-state index contributed by atoms with van der Waals surface area (Å²) in [5.74, 6) is 0.644. The van der Waals surface area contributed by atoms with Crippen LogP contribution in [0.5, 0.6) is 0 Å². The number of carboxylic acid groups (broad SMARTS) is 1. The molecule has 0 atom stereocenters. The molecule has 0 aromatic carbocycles. The smallest absolute Gasteiger partial charge is 0.303 e. The molecule has 0 aromatic rings. The summed E-state index contributed by atoms with van der Waals surface area (Å²) < 4.78 is 0. The first-order valence-electron chi connectivity index (χ1n) is 7.88. The molecule has 0 radical (unpaired) electrons. The van der Waals surface area contributed by atoms with E-state index in [1.807, 2.05) is 0 Å². The van der Waals surface area contributed by atoms with Crippen molar-refractivity contribution >= 4 is 5.97 Å². The highest BCUT2D eigenvalue weighted by Crippen LogP contribution is 2.42. The number of carboxylic acids is 1. The molecule has 0 amide bonds. The Morgan fingerprint density at radius 3 is 2.26 bits per heavy atom. The minimum absolute atomic E-state index is 0.356. The molecule has 1 aliphatic heterocycles. The third-order valence-electron chi connectivity index (χ3n) is 5.68. The zero-order valence-electron chi connectivity index (χ0n) is 12.7. The molecule has 2 fully saturated rings. The number of likely N-dealkylation sites (tertiary alicyclic amines) is 1. The lowest BCUT2D eigenvalue weighted by Crippen LogP contribution is -2.53. The van der Waals surface area contributed by atoms with Gasteiger partial charge in [-0.2, -0.15) is 0 Å². The third kappa shape index (κ3) is 3.50. The summed E-state index contributed by atoms with van der Waals surface area (Å²) >= 11 is 0. The Morgan fingerprint density at radius 2 is 1.79 bits per heavy atom. The fourth-order valence-electron chi connectivity index (χ4n) is 3.80. The highest BCUT2D eigenvalue weighted by atomic mass is 16.4. The van der Waals surface area contributed by atoms with E-state index in [1.54, 1.807) is 0 Å². The monoisotopic (exact) mass is 267 g/mol. The van der Waals surface area contributed by atoms with E-state index in [9.17, 15) is 4.79 Å². The standard InChI is InChI=1S/C16H29NO2/c1-4-16(2,3)13-5-7-14(8-6-13)17-10-12(11-17)9-15(18)19/h12-14H,4-11H2,1-3H3,(H,18,19). The molecule has 0 unspecified atom stereocenters. The Kier molecular flexibility index (Phi) is 4.54. The summed E-state index contributed by atoms with van der Waals surface area (Å²) in [5, 5.41) is 8.78. The molecule has 1 saturated carbocycles. The fraction of sp³-hybridized carbons (Fsp3) is 0.938. The number of aliphatic carboxylic acids is 1. The number of carbonyl (C=O) groups is 1. The molecule has 1 aliphatic carbocycles. The Hall–Kier alpha value is -0.570. The van der Waals surface area contributed by atoms with Crippen LogP contribution in [0.25, 0.3) is 0 Å². The quantitative estimate of drug-likeness (QED) is 0.830. The van der Waals surface area contributed by atoms with E-state index >= 15 is 0 Å². The molecule has 2 aliphatic rings. The van der Waals surface area contributed by atoms with Gasteiger partial charge in [-0.05, 0) is 42.9 Å². The summed E-state index contributed by atoms with van der Waals surface area (Å²) in [5.41, 5.74) is 0.492. The van der Waals surface area contributed by atoms with Gasteiger partial charge in [0.15, 0.2) is 0 Å². The first kappa shape index (κ1) is 14.8. The van der Waals surface area contributed by atoms with Gasteiger partial charge in [0.05, 0.1) is 6.42 Å². The van der Waals surface area contributed by atoms with Crippen LogP contribution in [0.1, 0.15) is 59.3 Å². The zero-order chi connectivity index (χ0) is 14.0. The molecule has 110 valence electrons. The van der Waals surface area contributed by atoms with E-state index in [0.29, 0.717) is 17.8 Å². The fourth-order valence-corrected chi connectivity index (χ4v) is 3.80. The molecule has 0 bridgehead atoms. The van der Waals surface area contributed by atoms with Crippen LogP contribution in [0.2, 0.25) is 0 Å². The van der Waals surface area contributed by atoms with Crippen molar-refractivity contribution in [3.63, 3.8) is 0 Å². The largest absolute Gasteiger partial charge is 0.481 e. The van der Waals surface area contributed by atoms with Gasteiger partial charge in [0, 0.05) is 19.1 Å². The summed E-state index contributed by atoms with van der Waals surface area (Å²) in [4.78, 5) is 13.2. The summed E-state index contributed by atoms with van der Waals surface area (Å²) in [7, 11) is 0. The Labute approximate surface area is 117 Å². The molecule has 1 N–H and O–H groups in total. The Bertz CT molecular complexity index is 313. The second-order valence-electron chi connectivity index (χ2n) is 7.27. The molecule has 0 spiro atoms. The van der Waals surface area contributed by atoms with Crippen LogP contribution in [0.4, 0.5) is 0 Å². The minimum atomic E-state index is -0.641. The van der Waals surface area contributed by atoms with Crippen LogP contribution in [0.3, 0.4) is 0 Å². The summed E-state index contributed by atoms with van der Waals surface area (Å²) in [6.45, 7) is 9.14. The number of nitrogens with zero attached hydrogens (tertiary/aromatic N) is 1. The van der Waals surface area contributed by atoms with Crippen molar-refractivity contribution in [1.29, 1.82) is 0 Å². The maximum atomic E-state index is 10.7. The lowest BCUT2D eigenvalue weighted by Gasteiger charge is -2.48. The van der Waals surface area contributed by atoms with Crippen LogP contribution in [0, 0.1) is 17.3 Å². The van der Waals surface area contributed by atoms with Crippen molar-refractivity contribution in [1.82, 2.24) is 4.90 Å². The van der Waals surface area contributed by atoms with E-state index in [4.69, 9.17) is 5.11 Å². The number of hydrogen-bond donors (Lipinski definition) is 1. The Morgan fingerprint density at radius 1 is 1.21 bits per heavy atom. The molecule has 1 saturated heterocycles. The van der Waals surface area contributed by atoms with Crippen molar-refractivity contribution in [2.45, 2.75) is 65.3 Å². The topological polar surface area (TPSA) is 40.5 Å². The second-order valence-corrected chi connectivity index (χ2v) is 7.27. The van der Waals surface area contributed by atoms with Gasteiger partial charge < -0.3 is 5.11 Å². The van der Waals surface area contributed by atoms with Crippen molar-refractivity contribution in [2.24, 2.45) is 17.3 Å². The number of rotatable bonds is 5. The van der Waals surface area contributed by atoms with E-state index in [2.05, 4.69) is 25.7 Å². The number of hydrogen-bond acceptors (Lipinski definition) is 2. The molecule has 0 aromatic heterocycles. The average Bonchev–Trinajstić information content (AvgIpc) is 2.33. The highest BCUT2D eigenvalue weighted by Gasteiger charge is 2.38. The van der Waals surface area contributed by atoms with Gasteiger partial charge in [0.25, 0.3) is 0 Å². The van der Waals surface area contributed by atoms with Gasteiger partial charge in [0.2, 0.25) is 0 Å². The highest BCUT2D eigenvalue weighted by molar-refractivity contribution is 5.67. The van der Waals surface area contributed by atoms with Crippen LogP contribution in [0.15, 0.2) is 0 Å². The van der Waals surface area contributed by atoms with Gasteiger partial charge in [-0.15, -0.1) is 0 Å². The van der Waals surface area contributed by atoms with Crippen molar-refractivity contribution < 1.29 is 9.90 Å². The zero-order valence-corrected chi connectivity index (χ0v) is 12.7. The normalized spacial score (nSPS) is 30.1.